The first-order valence-corrected chi connectivity index (χ1v) is 6.90. The van der Waals surface area contributed by atoms with Crippen LogP contribution in [0, 0.1) is 0 Å². The second-order valence-electron chi connectivity index (χ2n) is 6.26. The number of benzene rings is 1. The van der Waals surface area contributed by atoms with E-state index in [1.165, 1.54) is 11.1 Å². The van der Waals surface area contributed by atoms with Gasteiger partial charge >= 0.3 is 0 Å². The Balaban J connectivity index is 3.16. The van der Waals surface area contributed by atoms with Crippen molar-refractivity contribution >= 4 is 0 Å². The molecule has 0 spiro atoms. The molecule has 0 aromatic heterocycles. The molecule has 19 heavy (non-hydrogen) atoms. The minimum absolute atomic E-state index is 0.0635. The van der Waals surface area contributed by atoms with Crippen LogP contribution in [0.4, 0.5) is 0 Å². The number of ether oxygens (including phenoxy) is 1. The standard InChI is InChI=1S/C16H28N2O/c1-11(17)9-14(18-5)12-7-8-15(19-6)13(10-12)16(2,3)4/h7-8,10-11,14,18H,9,17H2,1-6H3. The first-order valence-electron chi connectivity index (χ1n) is 6.90. The highest BCUT2D eigenvalue weighted by Crippen LogP contribution is 2.34. The van der Waals surface area contributed by atoms with Crippen molar-refractivity contribution in [3.8, 4) is 5.75 Å². The van der Waals surface area contributed by atoms with Crippen molar-refractivity contribution in [2.24, 2.45) is 5.73 Å². The van der Waals surface area contributed by atoms with Gasteiger partial charge in [-0.05, 0) is 43.0 Å². The van der Waals surface area contributed by atoms with E-state index >= 15 is 0 Å². The van der Waals surface area contributed by atoms with Crippen LogP contribution in [0.5, 0.6) is 5.75 Å². The number of methoxy groups -OCH3 is 1. The normalized spacial score (nSPS) is 15.1. The van der Waals surface area contributed by atoms with Crippen LogP contribution in [0.25, 0.3) is 0 Å². The van der Waals surface area contributed by atoms with E-state index in [2.05, 4.69) is 44.3 Å². The SMILES string of the molecule is CNC(CC(C)N)c1ccc(OC)c(C(C)(C)C)c1. The molecule has 0 radical (unpaired) electrons. The molecule has 108 valence electrons. The van der Waals surface area contributed by atoms with Gasteiger partial charge in [0.05, 0.1) is 7.11 Å². The lowest BCUT2D eigenvalue weighted by atomic mass is 9.84. The molecule has 0 saturated heterocycles. The lowest BCUT2D eigenvalue weighted by molar-refractivity contribution is 0.396. The van der Waals surface area contributed by atoms with Gasteiger partial charge in [-0.15, -0.1) is 0 Å². The summed E-state index contributed by atoms with van der Waals surface area (Å²) in [4.78, 5) is 0. The Morgan fingerprint density at radius 3 is 2.37 bits per heavy atom. The minimum atomic E-state index is 0.0635. The van der Waals surface area contributed by atoms with Gasteiger partial charge in [-0.1, -0.05) is 32.9 Å². The highest BCUT2D eigenvalue weighted by atomic mass is 16.5. The second kappa shape index (κ2) is 6.40. The molecule has 0 amide bonds. The van der Waals surface area contributed by atoms with Crippen LogP contribution >= 0.6 is 0 Å². The van der Waals surface area contributed by atoms with Crippen LogP contribution in [0.1, 0.15) is 51.3 Å². The first-order chi connectivity index (χ1) is 8.79. The number of hydrogen-bond acceptors (Lipinski definition) is 3. The molecular weight excluding hydrogens is 236 g/mol. The maximum absolute atomic E-state index is 5.92. The highest BCUT2D eigenvalue weighted by Gasteiger charge is 2.21. The molecule has 3 nitrogen and oxygen atoms in total. The maximum atomic E-state index is 5.92. The monoisotopic (exact) mass is 264 g/mol. The fraction of sp³-hybridized carbons (Fsp3) is 0.625. The quantitative estimate of drug-likeness (QED) is 0.859. The fourth-order valence-electron chi connectivity index (χ4n) is 2.32. The summed E-state index contributed by atoms with van der Waals surface area (Å²) in [5.41, 5.74) is 8.49. The van der Waals surface area contributed by atoms with Gasteiger partial charge in [0.15, 0.2) is 0 Å². The average molecular weight is 264 g/mol. The maximum Gasteiger partial charge on any atom is 0.122 e. The minimum Gasteiger partial charge on any atom is -0.496 e. The van der Waals surface area contributed by atoms with E-state index in [-0.39, 0.29) is 17.5 Å². The third-order valence-electron chi connectivity index (χ3n) is 3.39. The lowest BCUT2D eigenvalue weighted by Crippen LogP contribution is -2.26. The molecule has 0 bridgehead atoms. The van der Waals surface area contributed by atoms with Crippen molar-refractivity contribution in [2.45, 2.75) is 51.6 Å². The molecule has 0 heterocycles. The molecule has 0 aliphatic rings. The Kier molecular flexibility index (Phi) is 5.39. The van der Waals surface area contributed by atoms with Crippen molar-refractivity contribution in [1.29, 1.82) is 0 Å². The molecule has 0 aliphatic carbocycles. The highest BCUT2D eigenvalue weighted by molar-refractivity contribution is 5.42. The zero-order valence-electron chi connectivity index (χ0n) is 13.1. The van der Waals surface area contributed by atoms with Crippen LogP contribution in [0.2, 0.25) is 0 Å². The predicted molar refractivity (Wildman–Crippen MR) is 81.8 cm³/mol. The first kappa shape index (κ1) is 16.0. The number of rotatable bonds is 5. The zero-order chi connectivity index (χ0) is 14.6. The zero-order valence-corrected chi connectivity index (χ0v) is 13.1. The summed E-state index contributed by atoms with van der Waals surface area (Å²) in [6, 6.07) is 6.88. The van der Waals surface area contributed by atoms with Crippen molar-refractivity contribution in [1.82, 2.24) is 5.32 Å². The fourth-order valence-corrected chi connectivity index (χ4v) is 2.32. The summed E-state index contributed by atoms with van der Waals surface area (Å²) in [7, 11) is 3.70. The largest absolute Gasteiger partial charge is 0.496 e. The van der Waals surface area contributed by atoms with Gasteiger partial charge < -0.3 is 15.8 Å². The van der Waals surface area contributed by atoms with Gasteiger partial charge in [0.2, 0.25) is 0 Å². The molecule has 0 aliphatic heterocycles. The van der Waals surface area contributed by atoms with Gasteiger partial charge in [0.25, 0.3) is 0 Å². The topological polar surface area (TPSA) is 47.3 Å². The summed E-state index contributed by atoms with van der Waals surface area (Å²) in [5.74, 6) is 0.951. The van der Waals surface area contributed by atoms with Gasteiger partial charge in [0, 0.05) is 12.1 Å². The van der Waals surface area contributed by atoms with Gasteiger partial charge in [-0.2, -0.15) is 0 Å². The van der Waals surface area contributed by atoms with E-state index in [9.17, 15) is 0 Å². The van der Waals surface area contributed by atoms with E-state index in [1.54, 1.807) is 7.11 Å². The van der Waals surface area contributed by atoms with Crippen LogP contribution in [0.15, 0.2) is 18.2 Å². The van der Waals surface area contributed by atoms with Gasteiger partial charge in [-0.25, -0.2) is 0 Å². The summed E-state index contributed by atoms with van der Waals surface area (Å²) >= 11 is 0. The van der Waals surface area contributed by atoms with E-state index < -0.39 is 0 Å². The third-order valence-corrected chi connectivity index (χ3v) is 3.39. The van der Waals surface area contributed by atoms with Crippen molar-refractivity contribution in [3.63, 3.8) is 0 Å². The van der Waals surface area contributed by atoms with Gasteiger partial charge in [-0.3, -0.25) is 0 Å². The van der Waals surface area contributed by atoms with Crippen molar-refractivity contribution in [3.05, 3.63) is 29.3 Å². The Morgan fingerprint density at radius 2 is 1.95 bits per heavy atom. The smallest absolute Gasteiger partial charge is 0.122 e. The third kappa shape index (κ3) is 4.22. The molecule has 0 saturated carbocycles. The molecule has 3 N–H and O–H groups in total. The molecule has 0 fully saturated rings. The molecule has 1 aromatic rings. The molecular formula is C16H28N2O. The summed E-state index contributed by atoms with van der Waals surface area (Å²) in [6.45, 7) is 8.65. The van der Waals surface area contributed by atoms with E-state index in [0.29, 0.717) is 0 Å². The molecule has 1 rings (SSSR count). The number of nitrogens with two attached hydrogens (primary N) is 1. The van der Waals surface area contributed by atoms with E-state index in [4.69, 9.17) is 10.5 Å². The van der Waals surface area contributed by atoms with Gasteiger partial charge in [0.1, 0.15) is 5.75 Å². The molecule has 2 unspecified atom stereocenters. The Bertz CT molecular complexity index is 408. The molecule has 1 aromatic carbocycles. The average Bonchev–Trinajstić information content (AvgIpc) is 2.34. The Morgan fingerprint density at radius 1 is 1.32 bits per heavy atom. The summed E-state index contributed by atoms with van der Waals surface area (Å²) < 4.78 is 5.48. The molecule has 2 atom stereocenters. The van der Waals surface area contributed by atoms with Crippen LogP contribution in [-0.2, 0) is 5.41 Å². The van der Waals surface area contributed by atoms with Crippen molar-refractivity contribution < 1.29 is 4.74 Å². The van der Waals surface area contributed by atoms with E-state index in [0.717, 1.165) is 12.2 Å². The number of nitrogens with one attached hydrogen (secondary N) is 1. The van der Waals surface area contributed by atoms with Crippen molar-refractivity contribution in [2.75, 3.05) is 14.2 Å². The van der Waals surface area contributed by atoms with E-state index in [1.807, 2.05) is 14.0 Å². The Hall–Kier alpha value is -1.06. The van der Waals surface area contributed by atoms with Crippen LogP contribution in [0.3, 0.4) is 0 Å². The van der Waals surface area contributed by atoms with Crippen LogP contribution in [-0.4, -0.2) is 20.2 Å². The van der Waals surface area contributed by atoms with Crippen LogP contribution < -0.4 is 15.8 Å². The number of hydrogen-bond donors (Lipinski definition) is 2. The summed E-state index contributed by atoms with van der Waals surface area (Å²) in [6.07, 6.45) is 0.923. The molecule has 3 heteroatoms. The lowest BCUT2D eigenvalue weighted by Gasteiger charge is -2.25. The Labute approximate surface area is 117 Å². The predicted octanol–water partition coefficient (Wildman–Crippen LogP) is 2.99. The summed E-state index contributed by atoms with van der Waals surface area (Å²) in [5, 5.41) is 3.35. The second-order valence-corrected chi connectivity index (χ2v) is 6.26.